The lowest BCUT2D eigenvalue weighted by Crippen LogP contribution is -2.31. The van der Waals surface area contributed by atoms with Crippen molar-refractivity contribution in [2.75, 3.05) is 6.61 Å². The second-order valence-corrected chi connectivity index (χ2v) is 3.45. The minimum Gasteiger partial charge on any atom is -0.494 e. The van der Waals surface area contributed by atoms with Crippen molar-refractivity contribution in [3.63, 3.8) is 0 Å². The maximum Gasteiger partial charge on any atom is 0.178 e. The van der Waals surface area contributed by atoms with Gasteiger partial charge in [-0.1, -0.05) is 0 Å². The Morgan fingerprint density at radius 1 is 1.36 bits per heavy atom. The van der Waals surface area contributed by atoms with Gasteiger partial charge >= 0.3 is 0 Å². The van der Waals surface area contributed by atoms with Crippen LogP contribution in [0.25, 0.3) is 0 Å². The zero-order valence-electron chi connectivity index (χ0n) is 7.77. The Bertz CT molecular complexity index is 320. The van der Waals surface area contributed by atoms with Gasteiger partial charge in [0.2, 0.25) is 0 Å². The maximum absolute atomic E-state index is 10.9. The van der Waals surface area contributed by atoms with E-state index in [0.29, 0.717) is 12.4 Å². The van der Waals surface area contributed by atoms with Crippen LogP contribution in [0.5, 0.6) is 0 Å². The summed E-state index contributed by atoms with van der Waals surface area (Å²) in [4.78, 5) is 10.9. The third kappa shape index (κ3) is 1.63. The van der Waals surface area contributed by atoms with E-state index in [-0.39, 0.29) is 5.78 Å². The quantitative estimate of drug-likeness (QED) is 0.676. The summed E-state index contributed by atoms with van der Waals surface area (Å²) in [6.45, 7) is 0.629. The van der Waals surface area contributed by atoms with Crippen molar-refractivity contribution in [2.24, 2.45) is 0 Å². The SMILES string of the molecule is O=C1C=CC(O)(C2=CCCCO2)C=C1. The van der Waals surface area contributed by atoms with Crippen LogP contribution in [0.3, 0.4) is 0 Å². The van der Waals surface area contributed by atoms with E-state index in [0.717, 1.165) is 12.8 Å². The summed E-state index contributed by atoms with van der Waals surface area (Å²) in [5.41, 5.74) is -1.21. The van der Waals surface area contributed by atoms with Gasteiger partial charge in [0.15, 0.2) is 11.4 Å². The van der Waals surface area contributed by atoms with Crippen molar-refractivity contribution in [2.45, 2.75) is 18.4 Å². The predicted molar refractivity (Wildman–Crippen MR) is 51.5 cm³/mol. The molecule has 0 spiro atoms. The highest BCUT2D eigenvalue weighted by molar-refractivity contribution is 6.00. The van der Waals surface area contributed by atoms with Crippen LogP contribution in [0.2, 0.25) is 0 Å². The Labute approximate surface area is 82.4 Å². The number of ketones is 1. The number of carbonyl (C=O) groups is 1. The summed E-state index contributed by atoms with van der Waals surface area (Å²) in [6, 6.07) is 0. The van der Waals surface area contributed by atoms with Crippen molar-refractivity contribution in [3.8, 4) is 0 Å². The van der Waals surface area contributed by atoms with E-state index < -0.39 is 5.60 Å². The van der Waals surface area contributed by atoms with Crippen LogP contribution in [0.15, 0.2) is 36.1 Å². The smallest absolute Gasteiger partial charge is 0.178 e. The van der Waals surface area contributed by atoms with Gasteiger partial charge in [-0.25, -0.2) is 0 Å². The van der Waals surface area contributed by atoms with Gasteiger partial charge in [0, 0.05) is 0 Å². The number of aliphatic hydroxyl groups is 1. The minimum atomic E-state index is -1.21. The predicted octanol–water partition coefficient (Wildman–Crippen LogP) is 1.11. The summed E-state index contributed by atoms with van der Waals surface area (Å²) >= 11 is 0. The molecule has 0 fully saturated rings. The normalized spacial score (nSPS) is 24.4. The molecule has 1 aliphatic heterocycles. The fraction of sp³-hybridized carbons (Fsp3) is 0.364. The molecule has 0 aromatic rings. The zero-order chi connectivity index (χ0) is 10.0. The van der Waals surface area contributed by atoms with Crippen LogP contribution in [0.1, 0.15) is 12.8 Å². The minimum absolute atomic E-state index is 0.105. The fourth-order valence-corrected chi connectivity index (χ4v) is 1.53. The van der Waals surface area contributed by atoms with Crippen molar-refractivity contribution in [3.05, 3.63) is 36.1 Å². The highest BCUT2D eigenvalue weighted by atomic mass is 16.5. The average molecular weight is 192 g/mol. The van der Waals surface area contributed by atoms with Gasteiger partial charge in [-0.2, -0.15) is 0 Å². The molecule has 0 unspecified atom stereocenters. The monoisotopic (exact) mass is 192 g/mol. The van der Waals surface area contributed by atoms with Gasteiger partial charge in [-0.15, -0.1) is 0 Å². The van der Waals surface area contributed by atoms with Crippen LogP contribution in [0, 0.1) is 0 Å². The molecular formula is C11H12O3. The van der Waals surface area contributed by atoms with Crippen molar-refractivity contribution < 1.29 is 14.6 Å². The Hall–Kier alpha value is -1.35. The number of hydrogen-bond donors (Lipinski definition) is 1. The first-order valence-corrected chi connectivity index (χ1v) is 4.69. The summed E-state index contributed by atoms with van der Waals surface area (Å²) < 4.78 is 5.35. The zero-order valence-corrected chi connectivity index (χ0v) is 7.77. The standard InChI is InChI=1S/C11H12O3/c12-9-4-6-11(13,7-5-9)10-3-1-2-8-14-10/h3-7,13H,1-2,8H2. The van der Waals surface area contributed by atoms with Crippen molar-refractivity contribution in [1.82, 2.24) is 0 Å². The molecule has 1 heterocycles. The number of hydrogen-bond acceptors (Lipinski definition) is 3. The number of carbonyl (C=O) groups excluding carboxylic acids is 1. The van der Waals surface area contributed by atoms with Gasteiger partial charge in [0.05, 0.1) is 6.61 Å². The lowest BCUT2D eigenvalue weighted by molar-refractivity contribution is -0.110. The van der Waals surface area contributed by atoms with Crippen LogP contribution < -0.4 is 0 Å². The van der Waals surface area contributed by atoms with E-state index in [2.05, 4.69) is 0 Å². The van der Waals surface area contributed by atoms with E-state index in [9.17, 15) is 9.90 Å². The Morgan fingerprint density at radius 3 is 2.64 bits per heavy atom. The molecule has 14 heavy (non-hydrogen) atoms. The van der Waals surface area contributed by atoms with E-state index in [4.69, 9.17) is 4.74 Å². The molecule has 0 saturated heterocycles. The van der Waals surface area contributed by atoms with E-state index in [1.165, 1.54) is 24.3 Å². The summed E-state index contributed by atoms with van der Waals surface area (Å²) in [6.07, 6.45) is 9.41. The van der Waals surface area contributed by atoms with Crippen LogP contribution in [-0.2, 0) is 9.53 Å². The molecule has 0 saturated carbocycles. The Kier molecular flexibility index (Phi) is 2.25. The third-order valence-electron chi connectivity index (χ3n) is 2.33. The first-order valence-electron chi connectivity index (χ1n) is 4.69. The van der Waals surface area contributed by atoms with Crippen LogP contribution >= 0.6 is 0 Å². The summed E-state index contributed by atoms with van der Waals surface area (Å²) in [5.74, 6) is 0.426. The van der Waals surface area contributed by atoms with Crippen molar-refractivity contribution >= 4 is 5.78 Å². The molecule has 0 aromatic heterocycles. The summed E-state index contributed by atoms with van der Waals surface area (Å²) in [5, 5.41) is 10.1. The maximum atomic E-state index is 10.9. The molecule has 0 atom stereocenters. The molecule has 0 radical (unpaired) electrons. The second-order valence-electron chi connectivity index (χ2n) is 3.45. The highest BCUT2D eigenvalue weighted by Gasteiger charge is 2.30. The third-order valence-corrected chi connectivity index (χ3v) is 2.33. The molecule has 74 valence electrons. The van der Waals surface area contributed by atoms with Gasteiger partial charge in [0.25, 0.3) is 0 Å². The molecule has 0 amide bonds. The first-order chi connectivity index (χ1) is 6.71. The highest BCUT2D eigenvalue weighted by Crippen LogP contribution is 2.27. The molecule has 3 heteroatoms. The summed E-state index contributed by atoms with van der Waals surface area (Å²) in [7, 11) is 0. The Morgan fingerprint density at radius 2 is 2.07 bits per heavy atom. The van der Waals surface area contributed by atoms with E-state index >= 15 is 0 Å². The molecule has 1 N–H and O–H groups in total. The van der Waals surface area contributed by atoms with E-state index in [1.54, 1.807) is 0 Å². The second kappa shape index (κ2) is 3.42. The van der Waals surface area contributed by atoms with Gasteiger partial charge < -0.3 is 9.84 Å². The van der Waals surface area contributed by atoms with Crippen LogP contribution in [-0.4, -0.2) is 23.1 Å². The fourth-order valence-electron chi connectivity index (χ4n) is 1.53. The number of ether oxygens (including phenoxy) is 1. The number of rotatable bonds is 1. The number of allylic oxidation sites excluding steroid dienone is 3. The topological polar surface area (TPSA) is 46.5 Å². The molecule has 2 aliphatic rings. The molecular weight excluding hydrogens is 180 g/mol. The Balaban J connectivity index is 2.24. The van der Waals surface area contributed by atoms with Gasteiger partial charge in [0.1, 0.15) is 5.76 Å². The lowest BCUT2D eigenvalue weighted by Gasteiger charge is -2.28. The largest absolute Gasteiger partial charge is 0.494 e. The molecule has 2 rings (SSSR count). The molecule has 1 aliphatic carbocycles. The first kappa shape index (κ1) is 9.21. The van der Waals surface area contributed by atoms with E-state index in [1.807, 2.05) is 6.08 Å². The molecule has 0 aromatic carbocycles. The lowest BCUT2D eigenvalue weighted by atomic mass is 9.93. The van der Waals surface area contributed by atoms with Gasteiger partial charge in [-0.3, -0.25) is 4.79 Å². The average Bonchev–Trinajstić information content (AvgIpc) is 2.24. The van der Waals surface area contributed by atoms with Gasteiger partial charge in [-0.05, 0) is 43.2 Å². The molecule has 3 nitrogen and oxygen atoms in total. The molecule has 0 bridgehead atoms. The van der Waals surface area contributed by atoms with Crippen LogP contribution in [0.4, 0.5) is 0 Å². The van der Waals surface area contributed by atoms with Crippen molar-refractivity contribution in [1.29, 1.82) is 0 Å².